The Morgan fingerprint density at radius 2 is 1.87 bits per heavy atom. The van der Waals surface area contributed by atoms with Gasteiger partial charge in [0.1, 0.15) is 16.2 Å². The SMILES string of the molecule is C[C@@H](CNC(=O)c1cc2nc(N(C)C)n(-c3ccc(F)cc3)c2s1)c1ccccc1. The zero-order valence-corrected chi connectivity index (χ0v) is 17.9. The smallest absolute Gasteiger partial charge is 0.261 e. The summed E-state index contributed by atoms with van der Waals surface area (Å²) in [4.78, 5) is 20.8. The normalized spacial score (nSPS) is 12.1. The molecular weight excluding hydrogens is 399 g/mol. The summed E-state index contributed by atoms with van der Waals surface area (Å²) in [5.41, 5.74) is 2.73. The van der Waals surface area contributed by atoms with Crippen molar-refractivity contribution in [3.63, 3.8) is 0 Å². The van der Waals surface area contributed by atoms with Crippen molar-refractivity contribution >= 4 is 33.5 Å². The van der Waals surface area contributed by atoms with Gasteiger partial charge in [0.05, 0.1) is 10.6 Å². The van der Waals surface area contributed by atoms with E-state index in [0.717, 1.165) is 22.0 Å². The number of imidazole rings is 1. The van der Waals surface area contributed by atoms with Crippen LogP contribution in [0, 0.1) is 5.82 Å². The number of halogens is 1. The third-order valence-electron chi connectivity index (χ3n) is 4.96. The van der Waals surface area contributed by atoms with Gasteiger partial charge in [-0.1, -0.05) is 37.3 Å². The number of rotatable bonds is 6. The Labute approximate surface area is 178 Å². The molecule has 0 aliphatic heterocycles. The topological polar surface area (TPSA) is 50.2 Å². The zero-order valence-electron chi connectivity index (χ0n) is 17.1. The van der Waals surface area contributed by atoms with E-state index < -0.39 is 0 Å². The second kappa shape index (κ2) is 8.28. The van der Waals surface area contributed by atoms with Crippen LogP contribution in [0.1, 0.15) is 28.1 Å². The maximum absolute atomic E-state index is 13.4. The van der Waals surface area contributed by atoms with E-state index in [0.29, 0.717) is 11.4 Å². The van der Waals surface area contributed by atoms with Gasteiger partial charge >= 0.3 is 0 Å². The first-order chi connectivity index (χ1) is 14.4. The van der Waals surface area contributed by atoms with Crippen LogP contribution in [0.25, 0.3) is 16.0 Å². The lowest BCUT2D eigenvalue weighted by molar-refractivity contribution is 0.0955. The number of hydrogen-bond donors (Lipinski definition) is 1. The molecule has 2 aromatic carbocycles. The molecule has 0 spiro atoms. The molecule has 0 aliphatic carbocycles. The summed E-state index contributed by atoms with van der Waals surface area (Å²) in [5.74, 6) is 0.543. The Morgan fingerprint density at radius 3 is 2.53 bits per heavy atom. The molecule has 0 saturated heterocycles. The van der Waals surface area contributed by atoms with Gasteiger partial charge in [0.15, 0.2) is 0 Å². The molecule has 2 aromatic heterocycles. The fourth-order valence-corrected chi connectivity index (χ4v) is 4.36. The fourth-order valence-electron chi connectivity index (χ4n) is 3.33. The number of carbonyl (C=O) groups excluding carboxylic acids is 1. The van der Waals surface area contributed by atoms with Gasteiger partial charge in [0, 0.05) is 20.6 Å². The predicted octanol–water partition coefficient (Wildman–Crippen LogP) is 4.83. The van der Waals surface area contributed by atoms with E-state index in [-0.39, 0.29) is 17.6 Å². The van der Waals surface area contributed by atoms with Crippen molar-refractivity contribution in [2.75, 3.05) is 25.5 Å². The van der Waals surface area contributed by atoms with E-state index in [9.17, 15) is 9.18 Å². The van der Waals surface area contributed by atoms with Crippen molar-refractivity contribution in [2.45, 2.75) is 12.8 Å². The number of thiophene rings is 1. The molecule has 154 valence electrons. The number of hydrogen-bond acceptors (Lipinski definition) is 4. The van der Waals surface area contributed by atoms with Crippen LogP contribution in [0.3, 0.4) is 0 Å². The van der Waals surface area contributed by atoms with Gasteiger partial charge in [-0.05, 0) is 41.8 Å². The number of carbonyl (C=O) groups is 1. The van der Waals surface area contributed by atoms with Crippen LogP contribution in [0.15, 0.2) is 60.7 Å². The summed E-state index contributed by atoms with van der Waals surface area (Å²) in [6, 6.07) is 18.2. The van der Waals surface area contributed by atoms with Gasteiger partial charge < -0.3 is 10.2 Å². The van der Waals surface area contributed by atoms with Crippen LogP contribution in [-0.4, -0.2) is 36.1 Å². The van der Waals surface area contributed by atoms with Gasteiger partial charge in [-0.25, -0.2) is 9.37 Å². The monoisotopic (exact) mass is 422 g/mol. The lowest BCUT2D eigenvalue weighted by Gasteiger charge is -2.15. The van der Waals surface area contributed by atoms with Gasteiger partial charge in [0.2, 0.25) is 5.95 Å². The molecule has 1 atom stereocenters. The first kappa shape index (κ1) is 20.1. The average Bonchev–Trinajstić information content (AvgIpc) is 3.31. The van der Waals surface area contributed by atoms with Crippen molar-refractivity contribution in [3.8, 4) is 5.69 Å². The highest BCUT2D eigenvalue weighted by atomic mass is 32.1. The minimum absolute atomic E-state index is 0.113. The predicted molar refractivity (Wildman–Crippen MR) is 120 cm³/mol. The molecule has 0 fully saturated rings. The summed E-state index contributed by atoms with van der Waals surface area (Å²) in [6.45, 7) is 2.65. The second-order valence-corrected chi connectivity index (χ2v) is 8.47. The van der Waals surface area contributed by atoms with Crippen LogP contribution in [0.2, 0.25) is 0 Å². The summed E-state index contributed by atoms with van der Waals surface area (Å²) >= 11 is 1.38. The molecule has 0 unspecified atom stereocenters. The standard InChI is InChI=1S/C23H23FN4OS/c1-15(16-7-5-4-6-8-16)14-25-21(29)20-13-19-22(30-20)28(23(26-19)27(2)3)18-11-9-17(24)10-12-18/h4-13,15H,14H2,1-3H3,(H,25,29)/t15-/m0/s1. The summed E-state index contributed by atoms with van der Waals surface area (Å²) < 4.78 is 15.3. The van der Waals surface area contributed by atoms with Crippen molar-refractivity contribution in [3.05, 3.63) is 76.9 Å². The van der Waals surface area contributed by atoms with Gasteiger partial charge in [-0.2, -0.15) is 0 Å². The van der Waals surface area contributed by atoms with Crippen molar-refractivity contribution in [1.29, 1.82) is 0 Å². The molecule has 0 radical (unpaired) electrons. The van der Waals surface area contributed by atoms with Crippen LogP contribution in [0.5, 0.6) is 0 Å². The molecule has 4 rings (SSSR count). The van der Waals surface area contributed by atoms with E-state index in [1.165, 1.54) is 29.0 Å². The molecule has 0 aliphatic rings. The van der Waals surface area contributed by atoms with E-state index >= 15 is 0 Å². The van der Waals surface area contributed by atoms with Crippen molar-refractivity contribution in [1.82, 2.24) is 14.9 Å². The first-order valence-corrected chi connectivity index (χ1v) is 10.5. The minimum Gasteiger partial charge on any atom is -0.351 e. The highest BCUT2D eigenvalue weighted by Crippen LogP contribution is 2.32. The second-order valence-electron chi connectivity index (χ2n) is 7.44. The highest BCUT2D eigenvalue weighted by molar-refractivity contribution is 7.20. The van der Waals surface area contributed by atoms with E-state index in [2.05, 4.69) is 29.4 Å². The van der Waals surface area contributed by atoms with E-state index in [4.69, 9.17) is 0 Å². The van der Waals surface area contributed by atoms with Crippen molar-refractivity contribution in [2.24, 2.45) is 0 Å². The molecule has 0 bridgehead atoms. The molecule has 0 saturated carbocycles. The maximum Gasteiger partial charge on any atom is 0.261 e. The summed E-state index contributed by atoms with van der Waals surface area (Å²) in [7, 11) is 3.81. The number of benzene rings is 2. The lowest BCUT2D eigenvalue weighted by Crippen LogP contribution is -2.26. The quantitative estimate of drug-likeness (QED) is 0.484. The molecule has 4 aromatic rings. The van der Waals surface area contributed by atoms with E-state index in [1.54, 1.807) is 12.1 Å². The number of aromatic nitrogens is 2. The third kappa shape index (κ3) is 3.93. The summed E-state index contributed by atoms with van der Waals surface area (Å²) in [6.07, 6.45) is 0. The molecule has 5 nitrogen and oxygen atoms in total. The van der Waals surface area contributed by atoms with Gasteiger partial charge in [-0.15, -0.1) is 11.3 Å². The maximum atomic E-state index is 13.4. The number of anilines is 1. The Kier molecular flexibility index (Phi) is 5.55. The molecule has 2 heterocycles. The molecular formula is C23H23FN4OS. The Hall–Kier alpha value is -3.19. The average molecular weight is 423 g/mol. The van der Waals surface area contributed by atoms with Gasteiger partial charge in [0.25, 0.3) is 5.91 Å². The Balaban J connectivity index is 1.60. The lowest BCUT2D eigenvalue weighted by atomic mass is 10.0. The van der Waals surface area contributed by atoms with Gasteiger partial charge in [-0.3, -0.25) is 9.36 Å². The largest absolute Gasteiger partial charge is 0.351 e. The summed E-state index contributed by atoms with van der Waals surface area (Å²) in [5, 5.41) is 3.03. The van der Waals surface area contributed by atoms with Crippen molar-refractivity contribution < 1.29 is 9.18 Å². The van der Waals surface area contributed by atoms with Crippen LogP contribution in [0.4, 0.5) is 10.3 Å². The van der Waals surface area contributed by atoms with Crippen LogP contribution in [-0.2, 0) is 0 Å². The fraction of sp³-hybridized carbons (Fsp3) is 0.217. The zero-order chi connectivity index (χ0) is 21.3. The number of nitrogens with one attached hydrogen (secondary N) is 1. The third-order valence-corrected chi connectivity index (χ3v) is 6.07. The Bertz CT molecular complexity index is 1170. The Morgan fingerprint density at radius 1 is 1.17 bits per heavy atom. The molecule has 7 heteroatoms. The molecule has 30 heavy (non-hydrogen) atoms. The number of amides is 1. The molecule has 1 amide bonds. The highest BCUT2D eigenvalue weighted by Gasteiger charge is 2.20. The number of fused-ring (bicyclic) bond motifs is 1. The number of nitrogens with zero attached hydrogens (tertiary/aromatic N) is 3. The van der Waals surface area contributed by atoms with Crippen LogP contribution < -0.4 is 10.2 Å². The molecule has 1 N–H and O–H groups in total. The van der Waals surface area contributed by atoms with Crippen LogP contribution >= 0.6 is 11.3 Å². The minimum atomic E-state index is -0.291. The first-order valence-electron chi connectivity index (χ1n) is 9.72. The van der Waals surface area contributed by atoms with E-state index in [1.807, 2.05) is 47.8 Å².